The van der Waals surface area contributed by atoms with E-state index in [4.69, 9.17) is 14.7 Å². The molecule has 116 valence electrons. The van der Waals surface area contributed by atoms with E-state index in [0.717, 1.165) is 0 Å². The number of hydroxylamine groups is 2. The Hall–Kier alpha value is -2.85. The molecular weight excluding hydrogens is 296 g/mol. The number of methoxy groups -OCH3 is 1. The molecule has 2 aromatic carbocycles. The Bertz CT molecular complexity index is 791. The first-order valence-electron chi connectivity index (χ1n) is 6.92. The molecule has 0 radical (unpaired) electrons. The first-order chi connectivity index (χ1) is 11.1. The maximum Gasteiger partial charge on any atom is 0.201 e. The van der Waals surface area contributed by atoms with E-state index in [1.165, 1.54) is 7.11 Å². The van der Waals surface area contributed by atoms with Gasteiger partial charge in [0.15, 0.2) is 17.2 Å². The summed E-state index contributed by atoms with van der Waals surface area (Å²) < 4.78 is 11.2. The zero-order chi connectivity index (χ0) is 16.4. The lowest BCUT2D eigenvalue weighted by Crippen LogP contribution is -3.03. The van der Waals surface area contributed by atoms with Crippen molar-refractivity contribution in [2.75, 3.05) is 7.11 Å². The first kappa shape index (κ1) is 15.1. The number of nitrogens with one attached hydrogen (secondary N) is 1. The fraction of sp³-hybridized carbons (Fsp3) is 0.118. The molecule has 0 amide bonds. The number of nitriles is 1. The van der Waals surface area contributed by atoms with Crippen LogP contribution in [-0.4, -0.2) is 12.3 Å². The minimum absolute atomic E-state index is 0.135. The Balaban J connectivity index is 2.08. The Morgan fingerprint density at radius 2 is 2.00 bits per heavy atom. The van der Waals surface area contributed by atoms with Crippen molar-refractivity contribution >= 4 is 6.08 Å². The number of quaternary nitrogens is 1. The van der Waals surface area contributed by atoms with E-state index in [9.17, 15) is 10.4 Å². The molecule has 23 heavy (non-hydrogen) atoms. The maximum atomic E-state index is 11.6. The second-order valence-corrected chi connectivity index (χ2v) is 5.02. The monoisotopic (exact) mass is 310 g/mol. The maximum absolute atomic E-state index is 11.6. The van der Waals surface area contributed by atoms with Crippen molar-refractivity contribution in [1.29, 1.82) is 5.26 Å². The van der Waals surface area contributed by atoms with E-state index in [1.807, 2.05) is 6.07 Å². The van der Waals surface area contributed by atoms with Gasteiger partial charge >= 0.3 is 0 Å². The summed E-state index contributed by atoms with van der Waals surface area (Å²) in [5, 5.41) is 28.9. The summed E-state index contributed by atoms with van der Waals surface area (Å²) in [5.74, 6) is 1.05. The van der Waals surface area contributed by atoms with Crippen LogP contribution in [0.25, 0.3) is 6.08 Å². The van der Waals surface area contributed by atoms with Gasteiger partial charge in [0, 0.05) is 17.2 Å². The highest BCUT2D eigenvalue weighted by atomic mass is 16.8. The van der Waals surface area contributed by atoms with Crippen molar-refractivity contribution < 1.29 is 19.9 Å². The minimum atomic E-state index is -1.05. The molecule has 1 aliphatic rings. The molecule has 0 aromatic heterocycles. The number of benzene rings is 2. The lowest BCUT2D eigenvalue weighted by molar-refractivity contribution is -1.02. The molecule has 2 unspecified atom stereocenters. The van der Waals surface area contributed by atoms with E-state index >= 15 is 0 Å². The van der Waals surface area contributed by atoms with Crippen LogP contribution < -0.4 is 14.7 Å². The van der Waals surface area contributed by atoms with Gasteiger partial charge in [0.2, 0.25) is 6.10 Å². The third-order valence-electron chi connectivity index (χ3n) is 3.65. The number of nitrogens with zero attached hydrogens (tertiary/aromatic N) is 1. The zero-order valence-corrected chi connectivity index (χ0v) is 12.3. The third kappa shape index (κ3) is 2.76. The molecular formula is C17H14N2O4. The highest BCUT2D eigenvalue weighted by Crippen LogP contribution is 2.41. The van der Waals surface area contributed by atoms with Gasteiger partial charge in [-0.05, 0) is 18.2 Å². The lowest BCUT2D eigenvalue weighted by atomic mass is 10.00. The van der Waals surface area contributed by atoms with Crippen LogP contribution in [0.15, 0.2) is 48.2 Å². The average Bonchev–Trinajstić information content (AvgIpc) is 2.60. The Labute approximate surface area is 132 Å². The Morgan fingerprint density at radius 3 is 2.61 bits per heavy atom. The smallest absolute Gasteiger partial charge is 0.201 e. The van der Waals surface area contributed by atoms with Crippen molar-refractivity contribution in [1.82, 2.24) is 0 Å². The molecule has 6 heteroatoms. The van der Waals surface area contributed by atoms with Crippen molar-refractivity contribution in [3.8, 4) is 17.6 Å². The number of hydrogen-bond donors (Lipinski definition) is 2. The van der Waals surface area contributed by atoms with Gasteiger partial charge in [-0.25, -0.2) is 5.21 Å². The van der Waals surface area contributed by atoms with Gasteiger partial charge < -0.3 is 14.7 Å². The molecule has 0 aliphatic carbocycles. The van der Waals surface area contributed by atoms with Crippen LogP contribution in [0.2, 0.25) is 0 Å². The Morgan fingerprint density at radius 1 is 1.26 bits per heavy atom. The lowest BCUT2D eigenvalue weighted by Gasteiger charge is -2.29. The standard InChI is InChI=1S/C17H14N2O4/c1-22-15-4-2-3-13-9-14(19(20)21)16(23-17(13)15)12-7-5-11(10-18)6-8-12/h2-9,16,19-20H,1H3. The highest BCUT2D eigenvalue weighted by molar-refractivity contribution is 5.66. The molecule has 6 nitrogen and oxygen atoms in total. The molecule has 0 saturated carbocycles. The molecule has 2 N–H and O–H groups in total. The average molecular weight is 310 g/mol. The van der Waals surface area contributed by atoms with Crippen LogP contribution in [0.3, 0.4) is 0 Å². The van der Waals surface area contributed by atoms with E-state index in [2.05, 4.69) is 0 Å². The van der Waals surface area contributed by atoms with Gasteiger partial charge in [-0.2, -0.15) is 10.5 Å². The summed E-state index contributed by atoms with van der Waals surface area (Å²) in [7, 11) is 1.53. The number of hydrogen-bond acceptors (Lipinski definition) is 5. The molecule has 2 atom stereocenters. The fourth-order valence-corrected chi connectivity index (χ4v) is 2.51. The molecule has 0 bridgehead atoms. The van der Waals surface area contributed by atoms with Crippen LogP contribution in [0.5, 0.6) is 11.5 Å². The van der Waals surface area contributed by atoms with Crippen LogP contribution in [-0.2, 0) is 0 Å². The van der Waals surface area contributed by atoms with Gasteiger partial charge in [-0.1, -0.05) is 24.3 Å². The van der Waals surface area contributed by atoms with Crippen molar-refractivity contribution in [2.45, 2.75) is 6.10 Å². The molecule has 3 rings (SSSR count). The topological polar surface area (TPSA) is 90.0 Å². The van der Waals surface area contributed by atoms with Crippen LogP contribution >= 0.6 is 0 Å². The highest BCUT2D eigenvalue weighted by Gasteiger charge is 2.31. The summed E-state index contributed by atoms with van der Waals surface area (Å²) >= 11 is 0. The largest absolute Gasteiger partial charge is 0.595 e. The molecule has 0 fully saturated rings. The SMILES string of the molecule is COc1cccc2c1OC(c1ccc(C#N)cc1)C([NH+]([O-])O)=C2. The number of para-hydroxylation sites is 1. The van der Waals surface area contributed by atoms with Gasteiger partial charge in [-0.3, -0.25) is 0 Å². The van der Waals surface area contributed by atoms with Gasteiger partial charge in [0.1, 0.15) is 0 Å². The number of fused-ring (bicyclic) bond motifs is 1. The first-order valence-corrected chi connectivity index (χ1v) is 6.92. The quantitative estimate of drug-likeness (QED) is 0.844. The Kier molecular flexibility index (Phi) is 4.00. The predicted octanol–water partition coefficient (Wildman–Crippen LogP) is 1.81. The molecule has 0 spiro atoms. The number of ether oxygens (including phenoxy) is 2. The second-order valence-electron chi connectivity index (χ2n) is 5.02. The van der Waals surface area contributed by atoms with Gasteiger partial charge in [-0.15, -0.1) is 0 Å². The zero-order valence-electron chi connectivity index (χ0n) is 12.3. The van der Waals surface area contributed by atoms with E-state index in [0.29, 0.717) is 28.2 Å². The molecule has 0 saturated heterocycles. The van der Waals surface area contributed by atoms with Gasteiger partial charge in [0.05, 0.1) is 18.7 Å². The summed E-state index contributed by atoms with van der Waals surface area (Å²) in [6.07, 6.45) is 0.830. The van der Waals surface area contributed by atoms with Crippen LogP contribution in [0.4, 0.5) is 0 Å². The number of rotatable bonds is 3. The molecule has 1 aliphatic heterocycles. The minimum Gasteiger partial charge on any atom is -0.595 e. The van der Waals surface area contributed by atoms with E-state index < -0.39 is 11.3 Å². The summed E-state index contributed by atoms with van der Waals surface area (Å²) in [6.45, 7) is 0. The van der Waals surface area contributed by atoms with E-state index in [1.54, 1.807) is 48.5 Å². The van der Waals surface area contributed by atoms with Crippen molar-refractivity contribution in [3.05, 3.63) is 70.1 Å². The predicted molar refractivity (Wildman–Crippen MR) is 81.6 cm³/mol. The van der Waals surface area contributed by atoms with Crippen LogP contribution in [0.1, 0.15) is 22.8 Å². The molecule has 2 aromatic rings. The summed E-state index contributed by atoms with van der Waals surface area (Å²) in [5.41, 5.74) is 1.96. The summed E-state index contributed by atoms with van der Waals surface area (Å²) in [6, 6.07) is 14.0. The van der Waals surface area contributed by atoms with E-state index in [-0.39, 0.29) is 5.70 Å². The van der Waals surface area contributed by atoms with Crippen molar-refractivity contribution in [3.63, 3.8) is 0 Å². The van der Waals surface area contributed by atoms with Crippen molar-refractivity contribution in [2.24, 2.45) is 0 Å². The van der Waals surface area contributed by atoms with Gasteiger partial charge in [0.25, 0.3) is 0 Å². The molecule has 1 heterocycles. The second kappa shape index (κ2) is 6.10. The third-order valence-corrected chi connectivity index (χ3v) is 3.65. The normalized spacial score (nSPS) is 17.3. The summed E-state index contributed by atoms with van der Waals surface area (Å²) in [4.78, 5) is 0. The fourth-order valence-electron chi connectivity index (χ4n) is 2.51. The van der Waals surface area contributed by atoms with Crippen LogP contribution in [0, 0.1) is 16.5 Å².